The molecule has 0 aromatic rings. The molecule has 1 rings (SSSR count). The zero-order valence-corrected chi connectivity index (χ0v) is 12.4. The van der Waals surface area contributed by atoms with Crippen molar-refractivity contribution < 1.29 is 24.2 Å². The van der Waals surface area contributed by atoms with E-state index in [9.17, 15) is 14.4 Å². The van der Waals surface area contributed by atoms with Crippen LogP contribution in [-0.4, -0.2) is 64.2 Å². The van der Waals surface area contributed by atoms with Crippen LogP contribution in [0.15, 0.2) is 0 Å². The highest BCUT2D eigenvalue weighted by atomic mass is 16.6. The topological polar surface area (TPSA) is 87.2 Å². The molecule has 0 saturated carbocycles. The number of carboxylic acids is 1. The smallest absolute Gasteiger partial charge is 0.410 e. The molecule has 1 atom stereocenters. The van der Waals surface area contributed by atoms with Crippen LogP contribution in [0.3, 0.4) is 0 Å². The molecule has 7 nitrogen and oxygen atoms in total. The average molecular weight is 286 g/mol. The van der Waals surface area contributed by atoms with E-state index in [-0.39, 0.29) is 18.9 Å². The van der Waals surface area contributed by atoms with E-state index < -0.39 is 23.7 Å². The summed E-state index contributed by atoms with van der Waals surface area (Å²) in [7, 11) is 0. The first kappa shape index (κ1) is 16.3. The molecule has 20 heavy (non-hydrogen) atoms. The highest BCUT2D eigenvalue weighted by Crippen LogP contribution is 2.17. The van der Waals surface area contributed by atoms with Gasteiger partial charge in [0.15, 0.2) is 0 Å². The molecule has 0 spiro atoms. The maximum absolute atomic E-state index is 12.0. The maximum atomic E-state index is 12.0. The first-order valence-corrected chi connectivity index (χ1v) is 6.57. The third-order valence-corrected chi connectivity index (χ3v) is 2.95. The second kappa shape index (κ2) is 6.11. The van der Waals surface area contributed by atoms with Gasteiger partial charge in [-0.2, -0.15) is 0 Å². The molecule has 0 bridgehead atoms. The van der Waals surface area contributed by atoms with Gasteiger partial charge >= 0.3 is 12.1 Å². The fourth-order valence-electron chi connectivity index (χ4n) is 2.14. The van der Waals surface area contributed by atoms with Gasteiger partial charge in [0, 0.05) is 26.6 Å². The average Bonchev–Trinajstić information content (AvgIpc) is 2.25. The Morgan fingerprint density at radius 1 is 1.25 bits per heavy atom. The monoisotopic (exact) mass is 286 g/mol. The molecule has 114 valence electrons. The van der Waals surface area contributed by atoms with Crippen molar-refractivity contribution in [1.29, 1.82) is 0 Å². The number of ether oxygens (including phenoxy) is 1. The highest BCUT2D eigenvalue weighted by Gasteiger charge is 2.34. The van der Waals surface area contributed by atoms with Crippen LogP contribution in [0.25, 0.3) is 0 Å². The molecule has 7 heteroatoms. The molecule has 0 radical (unpaired) electrons. The van der Waals surface area contributed by atoms with E-state index in [1.54, 1.807) is 20.8 Å². The van der Waals surface area contributed by atoms with Crippen molar-refractivity contribution in [1.82, 2.24) is 9.80 Å². The largest absolute Gasteiger partial charge is 0.481 e. The Kier molecular flexibility index (Phi) is 4.97. The Hall–Kier alpha value is -1.79. The van der Waals surface area contributed by atoms with Crippen molar-refractivity contribution in [2.45, 2.75) is 45.8 Å². The summed E-state index contributed by atoms with van der Waals surface area (Å²) in [5.41, 5.74) is -0.600. The Balaban J connectivity index is 2.73. The van der Waals surface area contributed by atoms with Gasteiger partial charge in [-0.05, 0) is 20.8 Å². The molecule has 1 aliphatic rings. The minimum absolute atomic E-state index is 0.180. The van der Waals surface area contributed by atoms with Crippen LogP contribution in [0.4, 0.5) is 4.79 Å². The predicted octanol–water partition coefficient (Wildman–Crippen LogP) is 0.929. The van der Waals surface area contributed by atoms with Gasteiger partial charge in [0.25, 0.3) is 0 Å². The van der Waals surface area contributed by atoms with Crippen molar-refractivity contribution in [2.75, 3.05) is 19.6 Å². The van der Waals surface area contributed by atoms with Gasteiger partial charge in [-0.1, -0.05) is 0 Å². The summed E-state index contributed by atoms with van der Waals surface area (Å²) in [6.07, 6.45) is -0.658. The third-order valence-electron chi connectivity index (χ3n) is 2.95. The van der Waals surface area contributed by atoms with Crippen LogP contribution in [0.5, 0.6) is 0 Å². The second-order valence-corrected chi connectivity index (χ2v) is 5.89. The van der Waals surface area contributed by atoms with Crippen molar-refractivity contribution in [3.05, 3.63) is 0 Å². The quantitative estimate of drug-likeness (QED) is 0.816. The van der Waals surface area contributed by atoms with Gasteiger partial charge in [-0.15, -0.1) is 0 Å². The number of carbonyl (C=O) groups is 3. The fourth-order valence-corrected chi connectivity index (χ4v) is 2.14. The second-order valence-electron chi connectivity index (χ2n) is 5.89. The number of hydrogen-bond donors (Lipinski definition) is 1. The Bertz CT molecular complexity index is 402. The van der Waals surface area contributed by atoms with Crippen molar-refractivity contribution >= 4 is 18.0 Å². The van der Waals surface area contributed by atoms with E-state index >= 15 is 0 Å². The normalized spacial score (nSPS) is 19.7. The predicted molar refractivity (Wildman–Crippen MR) is 71.2 cm³/mol. The third kappa shape index (κ3) is 4.71. The molecule has 0 aromatic heterocycles. The number of aliphatic carboxylic acids is 1. The molecule has 1 heterocycles. The molecular weight excluding hydrogens is 264 g/mol. The first-order valence-electron chi connectivity index (χ1n) is 6.57. The SMILES string of the molecule is CC(=O)N1CCN(C(=O)OC(C)(C)C)C[C@H]1CC(=O)O. The van der Waals surface area contributed by atoms with Gasteiger partial charge < -0.3 is 19.6 Å². The molecule has 1 N–H and O–H groups in total. The minimum Gasteiger partial charge on any atom is -0.481 e. The molecule has 1 aliphatic heterocycles. The number of hydrogen-bond acceptors (Lipinski definition) is 4. The molecule has 0 unspecified atom stereocenters. The Labute approximate surface area is 118 Å². The van der Waals surface area contributed by atoms with Crippen LogP contribution in [0.1, 0.15) is 34.1 Å². The zero-order chi connectivity index (χ0) is 15.5. The van der Waals surface area contributed by atoms with E-state index in [2.05, 4.69) is 0 Å². The molecule has 0 aliphatic carbocycles. The van der Waals surface area contributed by atoms with Crippen molar-refractivity contribution in [3.63, 3.8) is 0 Å². The molecular formula is C13H22N2O5. The van der Waals surface area contributed by atoms with Crippen LogP contribution in [0.2, 0.25) is 0 Å². The molecule has 2 amide bonds. The van der Waals surface area contributed by atoms with E-state index in [1.807, 2.05) is 0 Å². The number of carbonyl (C=O) groups excluding carboxylic acids is 2. The number of rotatable bonds is 2. The Morgan fingerprint density at radius 2 is 1.85 bits per heavy atom. The maximum Gasteiger partial charge on any atom is 0.410 e. The number of nitrogens with zero attached hydrogens (tertiary/aromatic N) is 2. The van der Waals surface area contributed by atoms with Crippen LogP contribution >= 0.6 is 0 Å². The zero-order valence-electron chi connectivity index (χ0n) is 12.4. The summed E-state index contributed by atoms with van der Waals surface area (Å²) in [6.45, 7) is 7.57. The highest BCUT2D eigenvalue weighted by molar-refractivity contribution is 5.76. The summed E-state index contributed by atoms with van der Waals surface area (Å²) >= 11 is 0. The number of amides is 2. The van der Waals surface area contributed by atoms with Gasteiger partial charge in [-0.25, -0.2) is 4.79 Å². The lowest BCUT2D eigenvalue weighted by molar-refractivity contribution is -0.142. The number of carboxylic acid groups (broad SMARTS) is 1. The molecule has 1 saturated heterocycles. The van der Waals surface area contributed by atoms with Crippen molar-refractivity contribution in [3.8, 4) is 0 Å². The molecule has 0 aromatic carbocycles. The van der Waals surface area contributed by atoms with Gasteiger partial charge in [0.05, 0.1) is 12.5 Å². The fraction of sp³-hybridized carbons (Fsp3) is 0.769. The number of piperazine rings is 1. The van der Waals surface area contributed by atoms with Crippen LogP contribution in [-0.2, 0) is 14.3 Å². The summed E-state index contributed by atoms with van der Waals surface area (Å²) < 4.78 is 5.26. The summed E-state index contributed by atoms with van der Waals surface area (Å²) in [5.74, 6) is -1.17. The Morgan fingerprint density at radius 3 is 2.30 bits per heavy atom. The van der Waals surface area contributed by atoms with Gasteiger partial charge in [0.2, 0.25) is 5.91 Å². The lowest BCUT2D eigenvalue weighted by atomic mass is 10.1. The minimum atomic E-state index is -0.993. The van der Waals surface area contributed by atoms with Gasteiger partial charge in [0.1, 0.15) is 5.60 Å². The standard InChI is InChI=1S/C13H22N2O5/c1-9(16)15-6-5-14(8-10(15)7-11(17)18)12(19)20-13(2,3)4/h10H,5-8H2,1-4H3,(H,17,18)/t10-/m1/s1. The van der Waals surface area contributed by atoms with E-state index in [0.29, 0.717) is 13.1 Å². The summed E-state index contributed by atoms with van der Waals surface area (Å²) in [5, 5.41) is 8.90. The van der Waals surface area contributed by atoms with Crippen molar-refractivity contribution in [2.24, 2.45) is 0 Å². The molecule has 1 fully saturated rings. The van der Waals surface area contributed by atoms with Gasteiger partial charge in [-0.3, -0.25) is 9.59 Å². The van der Waals surface area contributed by atoms with E-state index in [0.717, 1.165) is 0 Å². The first-order chi connectivity index (χ1) is 9.10. The van der Waals surface area contributed by atoms with E-state index in [1.165, 1.54) is 16.7 Å². The van der Waals surface area contributed by atoms with Crippen LogP contribution in [0, 0.1) is 0 Å². The van der Waals surface area contributed by atoms with E-state index in [4.69, 9.17) is 9.84 Å². The van der Waals surface area contributed by atoms with Crippen LogP contribution < -0.4 is 0 Å². The lowest BCUT2D eigenvalue weighted by Crippen LogP contribution is -2.57. The summed E-state index contributed by atoms with van der Waals surface area (Å²) in [4.78, 5) is 37.3. The lowest BCUT2D eigenvalue weighted by Gasteiger charge is -2.40. The summed E-state index contributed by atoms with van der Waals surface area (Å²) in [6, 6.07) is -0.508.